The van der Waals surface area contributed by atoms with E-state index in [0.29, 0.717) is 32.6 Å². The molecule has 1 fully saturated rings. The zero-order valence-electron chi connectivity index (χ0n) is 16.9. The van der Waals surface area contributed by atoms with Crippen LogP contribution in [-0.2, 0) is 22.7 Å². The Labute approximate surface area is 171 Å². The molecule has 2 aliphatic heterocycles. The number of nitrogens with zero attached hydrogens (tertiary/aromatic N) is 4. The first-order valence-corrected chi connectivity index (χ1v) is 10.3. The van der Waals surface area contributed by atoms with E-state index in [1.54, 1.807) is 19.4 Å². The SMILES string of the molecule is CC(=O)N1Cc2ccccc2OC2(CCN(C(=O)CCCn3ccnc3)CC2)C1. The number of imidazole rings is 1. The van der Waals surface area contributed by atoms with Crippen LogP contribution in [0.15, 0.2) is 43.0 Å². The molecule has 7 heteroatoms. The second-order valence-corrected chi connectivity index (χ2v) is 8.05. The molecule has 0 saturated carbocycles. The van der Waals surface area contributed by atoms with Crippen molar-refractivity contribution in [3.63, 3.8) is 0 Å². The molecule has 3 heterocycles. The topological polar surface area (TPSA) is 67.7 Å². The normalized spacial score (nSPS) is 18.1. The van der Waals surface area contributed by atoms with Gasteiger partial charge in [-0.15, -0.1) is 0 Å². The monoisotopic (exact) mass is 396 g/mol. The predicted molar refractivity (Wildman–Crippen MR) is 108 cm³/mol. The molecule has 1 aromatic carbocycles. The molecule has 154 valence electrons. The van der Waals surface area contributed by atoms with Gasteiger partial charge in [-0.3, -0.25) is 9.59 Å². The highest BCUT2D eigenvalue weighted by molar-refractivity contribution is 5.76. The summed E-state index contributed by atoms with van der Waals surface area (Å²) in [6.07, 6.45) is 8.25. The van der Waals surface area contributed by atoms with Crippen molar-refractivity contribution in [2.45, 2.75) is 51.3 Å². The maximum absolute atomic E-state index is 12.6. The van der Waals surface area contributed by atoms with Crippen LogP contribution in [-0.4, -0.2) is 56.4 Å². The lowest BCUT2D eigenvalue weighted by atomic mass is 9.90. The van der Waals surface area contributed by atoms with Crippen LogP contribution in [0.1, 0.15) is 38.2 Å². The van der Waals surface area contributed by atoms with E-state index in [1.165, 1.54) is 0 Å². The van der Waals surface area contributed by atoms with Gasteiger partial charge in [0.05, 0.1) is 12.9 Å². The van der Waals surface area contributed by atoms with Gasteiger partial charge in [-0.25, -0.2) is 4.98 Å². The Morgan fingerprint density at radius 2 is 1.97 bits per heavy atom. The molecule has 0 N–H and O–H groups in total. The third kappa shape index (κ3) is 4.44. The summed E-state index contributed by atoms with van der Waals surface area (Å²) < 4.78 is 8.47. The molecule has 1 spiro atoms. The van der Waals surface area contributed by atoms with E-state index < -0.39 is 5.60 Å². The van der Waals surface area contributed by atoms with Crippen LogP contribution in [0.5, 0.6) is 5.75 Å². The maximum Gasteiger partial charge on any atom is 0.222 e. The molecule has 2 aromatic rings. The van der Waals surface area contributed by atoms with Crippen molar-refractivity contribution in [1.82, 2.24) is 19.4 Å². The number of likely N-dealkylation sites (tertiary alicyclic amines) is 1. The van der Waals surface area contributed by atoms with E-state index in [2.05, 4.69) is 4.98 Å². The highest BCUT2D eigenvalue weighted by Gasteiger charge is 2.42. The van der Waals surface area contributed by atoms with Gasteiger partial charge in [0.25, 0.3) is 0 Å². The van der Waals surface area contributed by atoms with Gasteiger partial charge in [-0.2, -0.15) is 0 Å². The van der Waals surface area contributed by atoms with Crippen molar-refractivity contribution >= 4 is 11.8 Å². The number of piperidine rings is 1. The molecule has 1 aromatic heterocycles. The molecular formula is C22H28N4O3. The molecular weight excluding hydrogens is 368 g/mol. The number of rotatable bonds is 4. The molecule has 2 aliphatic rings. The summed E-state index contributed by atoms with van der Waals surface area (Å²) in [5.41, 5.74) is 0.615. The van der Waals surface area contributed by atoms with Gasteiger partial charge in [0.1, 0.15) is 11.4 Å². The summed E-state index contributed by atoms with van der Waals surface area (Å²) in [5.74, 6) is 1.11. The van der Waals surface area contributed by atoms with E-state index in [9.17, 15) is 9.59 Å². The summed E-state index contributed by atoms with van der Waals surface area (Å²) >= 11 is 0. The Hall–Kier alpha value is -2.83. The number of carbonyl (C=O) groups is 2. The van der Waals surface area contributed by atoms with Crippen molar-refractivity contribution in [3.8, 4) is 5.75 Å². The van der Waals surface area contributed by atoms with Gasteiger partial charge in [0.2, 0.25) is 11.8 Å². The van der Waals surface area contributed by atoms with Crippen molar-refractivity contribution in [1.29, 1.82) is 0 Å². The molecule has 2 amide bonds. The van der Waals surface area contributed by atoms with Crippen LogP contribution in [0.2, 0.25) is 0 Å². The molecule has 0 bridgehead atoms. The molecule has 7 nitrogen and oxygen atoms in total. The number of ether oxygens (including phenoxy) is 1. The minimum Gasteiger partial charge on any atom is -0.485 e. The minimum absolute atomic E-state index is 0.0580. The van der Waals surface area contributed by atoms with Gasteiger partial charge in [0, 0.05) is 70.3 Å². The summed E-state index contributed by atoms with van der Waals surface area (Å²) in [6, 6.07) is 7.94. The molecule has 29 heavy (non-hydrogen) atoms. The highest BCUT2D eigenvalue weighted by Crippen LogP contribution is 2.35. The lowest BCUT2D eigenvalue weighted by Crippen LogP contribution is -2.55. The Kier molecular flexibility index (Phi) is 5.56. The fraction of sp³-hybridized carbons (Fsp3) is 0.500. The van der Waals surface area contributed by atoms with E-state index in [0.717, 1.165) is 37.1 Å². The van der Waals surface area contributed by atoms with Crippen LogP contribution < -0.4 is 4.74 Å². The lowest BCUT2D eigenvalue weighted by Gasteiger charge is -2.42. The summed E-state index contributed by atoms with van der Waals surface area (Å²) in [4.78, 5) is 32.6. The quantitative estimate of drug-likeness (QED) is 0.796. The second-order valence-electron chi connectivity index (χ2n) is 8.05. The fourth-order valence-corrected chi connectivity index (χ4v) is 4.25. The third-order valence-electron chi connectivity index (χ3n) is 5.98. The number of hydrogen-bond donors (Lipinski definition) is 0. The number of para-hydroxylation sites is 1. The van der Waals surface area contributed by atoms with Crippen LogP contribution in [0.25, 0.3) is 0 Å². The average Bonchev–Trinajstić information content (AvgIpc) is 3.17. The lowest BCUT2D eigenvalue weighted by molar-refractivity contribution is -0.138. The maximum atomic E-state index is 12.6. The molecule has 0 atom stereocenters. The van der Waals surface area contributed by atoms with Gasteiger partial charge >= 0.3 is 0 Å². The third-order valence-corrected chi connectivity index (χ3v) is 5.98. The van der Waals surface area contributed by atoms with Crippen molar-refractivity contribution in [3.05, 3.63) is 48.5 Å². The second kappa shape index (κ2) is 8.27. The van der Waals surface area contributed by atoms with Gasteiger partial charge in [-0.1, -0.05) is 18.2 Å². The fourth-order valence-electron chi connectivity index (χ4n) is 4.25. The molecule has 0 radical (unpaired) electrons. The van der Waals surface area contributed by atoms with Gasteiger partial charge < -0.3 is 19.1 Å². The van der Waals surface area contributed by atoms with Crippen molar-refractivity contribution in [2.75, 3.05) is 19.6 Å². The number of hydrogen-bond acceptors (Lipinski definition) is 4. The standard InChI is InChI=1S/C22H28N4O3/c1-18(27)26-15-19-5-2-3-6-20(19)29-22(16-26)8-12-25(13-9-22)21(28)7-4-11-24-14-10-23-17-24/h2-3,5-6,10,14,17H,4,7-9,11-13,15-16H2,1H3. The first-order valence-electron chi connectivity index (χ1n) is 10.3. The van der Waals surface area contributed by atoms with Crippen LogP contribution in [0, 0.1) is 0 Å². The first kappa shape index (κ1) is 19.5. The number of aryl methyl sites for hydroxylation is 1. The summed E-state index contributed by atoms with van der Waals surface area (Å²) in [5, 5.41) is 0. The zero-order chi connectivity index (χ0) is 20.3. The van der Waals surface area contributed by atoms with E-state index in [1.807, 2.05) is 44.8 Å². The van der Waals surface area contributed by atoms with Crippen LogP contribution in [0.4, 0.5) is 0 Å². The average molecular weight is 396 g/mol. The van der Waals surface area contributed by atoms with E-state index in [-0.39, 0.29) is 11.8 Å². The molecule has 0 aliphatic carbocycles. The number of amides is 2. The van der Waals surface area contributed by atoms with Gasteiger partial charge in [0.15, 0.2) is 0 Å². The Balaban J connectivity index is 1.37. The predicted octanol–water partition coefficient (Wildman–Crippen LogP) is 2.47. The van der Waals surface area contributed by atoms with Crippen LogP contribution >= 0.6 is 0 Å². The number of fused-ring (bicyclic) bond motifs is 1. The zero-order valence-corrected chi connectivity index (χ0v) is 16.9. The van der Waals surface area contributed by atoms with Crippen molar-refractivity contribution in [2.24, 2.45) is 0 Å². The smallest absolute Gasteiger partial charge is 0.222 e. The minimum atomic E-state index is -0.425. The first-order chi connectivity index (χ1) is 14.0. The Morgan fingerprint density at radius 3 is 2.69 bits per heavy atom. The number of carbonyl (C=O) groups excluding carboxylic acids is 2. The Bertz CT molecular complexity index is 857. The highest BCUT2D eigenvalue weighted by atomic mass is 16.5. The largest absolute Gasteiger partial charge is 0.485 e. The van der Waals surface area contributed by atoms with Crippen molar-refractivity contribution < 1.29 is 14.3 Å². The molecule has 4 rings (SSSR count). The summed E-state index contributed by atoms with van der Waals surface area (Å²) in [7, 11) is 0. The summed E-state index contributed by atoms with van der Waals surface area (Å²) in [6.45, 7) is 4.89. The van der Waals surface area contributed by atoms with Crippen LogP contribution in [0.3, 0.4) is 0 Å². The molecule has 1 saturated heterocycles. The van der Waals surface area contributed by atoms with Gasteiger partial charge in [-0.05, 0) is 12.5 Å². The number of aromatic nitrogens is 2. The van der Waals surface area contributed by atoms with E-state index >= 15 is 0 Å². The number of benzene rings is 1. The van der Waals surface area contributed by atoms with E-state index in [4.69, 9.17) is 4.74 Å². The molecule has 0 unspecified atom stereocenters. The Morgan fingerprint density at radius 1 is 1.17 bits per heavy atom.